The molecular weight excluding hydrogens is 112 g/mol. The number of nitrogens with one attached hydrogen (secondary N) is 1. The zero-order chi connectivity index (χ0) is 5.98. The average molecular weight is 116 g/mol. The van der Waals surface area contributed by atoms with E-state index < -0.39 is 6.09 Å². The third-order valence-corrected chi connectivity index (χ3v) is 0.635. The molecule has 0 saturated carbocycles. The molecule has 5 nitrogen and oxygen atoms in total. The van der Waals surface area contributed by atoms with Crippen LogP contribution in [0.15, 0.2) is 12.5 Å². The van der Waals surface area contributed by atoms with Crippen LogP contribution in [0.2, 0.25) is 0 Å². The van der Waals surface area contributed by atoms with Gasteiger partial charge in [0.05, 0.1) is 6.20 Å². The summed E-state index contributed by atoms with van der Waals surface area (Å²) in [6.07, 6.45) is 1.38. The minimum atomic E-state index is -1.10. The normalized spacial score (nSPS) is 16.2. The van der Waals surface area contributed by atoms with Gasteiger partial charge in [0.15, 0.2) is 0 Å². The van der Waals surface area contributed by atoms with Crippen LogP contribution < -0.4 is 5.59 Å². The predicted molar refractivity (Wildman–Crippen MR) is 23.2 cm³/mol. The van der Waals surface area contributed by atoms with Crippen molar-refractivity contribution in [2.75, 3.05) is 0 Å². The van der Waals surface area contributed by atoms with E-state index in [0.29, 0.717) is 0 Å². The van der Waals surface area contributed by atoms with Crippen molar-refractivity contribution in [1.82, 2.24) is 10.6 Å². The molecule has 0 aromatic carbocycles. The molecule has 0 fully saturated rings. The zero-order valence-corrected chi connectivity index (χ0v) is 3.87. The van der Waals surface area contributed by atoms with Gasteiger partial charge in [0.1, 0.15) is 6.26 Å². The smallest absolute Gasteiger partial charge is 0.428 e. The van der Waals surface area contributed by atoms with E-state index in [1.165, 1.54) is 12.5 Å². The summed E-state index contributed by atoms with van der Waals surface area (Å²) in [7, 11) is 0. The molecule has 0 bridgehead atoms. The van der Waals surface area contributed by atoms with Crippen molar-refractivity contribution in [2.45, 2.75) is 0 Å². The monoisotopic (exact) mass is 116 g/mol. The van der Waals surface area contributed by atoms with Crippen LogP contribution in [0.5, 0.6) is 0 Å². The highest BCUT2D eigenvalue weighted by Gasteiger charge is 2.10. The fraction of sp³-hybridized carbons (Fsp3) is 0. The van der Waals surface area contributed by atoms with Gasteiger partial charge >= 0.3 is 6.09 Å². The van der Waals surface area contributed by atoms with Crippen molar-refractivity contribution in [1.29, 1.82) is 0 Å². The topological polar surface area (TPSA) is 61.8 Å². The molecule has 0 saturated heterocycles. The summed E-state index contributed by atoms with van der Waals surface area (Å²) in [5.74, 6) is 0. The molecule has 0 spiro atoms. The Labute approximate surface area is 45.1 Å². The van der Waals surface area contributed by atoms with Crippen molar-refractivity contribution in [3.05, 3.63) is 12.5 Å². The summed E-state index contributed by atoms with van der Waals surface area (Å²) in [5, 5.41) is 8.94. The highest BCUT2D eigenvalue weighted by Crippen LogP contribution is 1.92. The Morgan fingerprint density at radius 2 is 2.62 bits per heavy atom. The molecule has 8 heavy (non-hydrogen) atoms. The zero-order valence-electron chi connectivity index (χ0n) is 3.87. The second kappa shape index (κ2) is 1.71. The van der Waals surface area contributed by atoms with E-state index in [-0.39, 0.29) is 0 Å². The molecule has 1 aliphatic rings. The van der Waals surface area contributed by atoms with E-state index in [0.717, 1.165) is 5.01 Å². The Bertz CT molecular complexity index is 132. The minimum Gasteiger partial charge on any atom is -0.464 e. The highest BCUT2D eigenvalue weighted by molar-refractivity contribution is 5.65. The van der Waals surface area contributed by atoms with E-state index in [2.05, 4.69) is 10.4 Å². The molecule has 1 aliphatic heterocycles. The summed E-state index contributed by atoms with van der Waals surface area (Å²) in [4.78, 5) is 14.3. The Balaban J connectivity index is 2.48. The van der Waals surface area contributed by atoms with Gasteiger partial charge in [0, 0.05) is 0 Å². The SMILES string of the molecule is O=C(O)N1C=CON1. The van der Waals surface area contributed by atoms with Crippen molar-refractivity contribution in [3.63, 3.8) is 0 Å². The molecule has 0 aromatic heterocycles. The van der Waals surface area contributed by atoms with Gasteiger partial charge in [-0.2, -0.15) is 5.01 Å². The molecule has 0 unspecified atom stereocenters. The summed E-state index contributed by atoms with van der Waals surface area (Å²) in [6.45, 7) is 0. The quantitative estimate of drug-likeness (QED) is 0.463. The lowest BCUT2D eigenvalue weighted by molar-refractivity contribution is 0.0384. The molecule has 5 heteroatoms. The van der Waals surface area contributed by atoms with Gasteiger partial charge in [-0.05, 0) is 0 Å². The maximum atomic E-state index is 9.93. The molecule has 44 valence electrons. The molecule has 0 radical (unpaired) electrons. The van der Waals surface area contributed by atoms with Crippen LogP contribution in [0.3, 0.4) is 0 Å². The molecule has 1 heterocycles. The maximum Gasteiger partial charge on any atom is 0.428 e. The van der Waals surface area contributed by atoms with E-state index in [4.69, 9.17) is 5.11 Å². The average Bonchev–Trinajstić information content (AvgIpc) is 2.12. The largest absolute Gasteiger partial charge is 0.464 e. The Hall–Kier alpha value is -1.23. The van der Waals surface area contributed by atoms with Gasteiger partial charge in [-0.1, -0.05) is 5.59 Å². The summed E-state index contributed by atoms with van der Waals surface area (Å²) in [6, 6.07) is 0. The van der Waals surface area contributed by atoms with E-state index in [9.17, 15) is 4.79 Å². The van der Waals surface area contributed by atoms with Crippen molar-refractivity contribution < 1.29 is 14.7 Å². The van der Waals surface area contributed by atoms with Gasteiger partial charge in [0.2, 0.25) is 0 Å². The third-order valence-electron chi connectivity index (χ3n) is 0.635. The molecule has 1 rings (SSSR count). The maximum absolute atomic E-state index is 9.93. The van der Waals surface area contributed by atoms with Crippen LogP contribution in [-0.2, 0) is 4.84 Å². The second-order valence-electron chi connectivity index (χ2n) is 1.15. The molecule has 1 amide bonds. The lowest BCUT2D eigenvalue weighted by Gasteiger charge is -2.04. The predicted octanol–water partition coefficient (Wildman–Crippen LogP) is -0.113. The van der Waals surface area contributed by atoms with Crippen molar-refractivity contribution in [2.24, 2.45) is 0 Å². The first-order chi connectivity index (χ1) is 3.80. The van der Waals surface area contributed by atoms with Gasteiger partial charge in [-0.3, -0.25) is 0 Å². The van der Waals surface area contributed by atoms with Crippen LogP contribution in [0, 0.1) is 0 Å². The highest BCUT2D eigenvalue weighted by atomic mass is 16.7. The van der Waals surface area contributed by atoms with Crippen molar-refractivity contribution in [3.8, 4) is 0 Å². The minimum absolute atomic E-state index is 0.792. The van der Waals surface area contributed by atoms with Gasteiger partial charge in [-0.25, -0.2) is 4.79 Å². The number of hydrogen-bond donors (Lipinski definition) is 2. The van der Waals surface area contributed by atoms with Gasteiger partial charge < -0.3 is 9.94 Å². The molecular formula is C3H4N2O3. The van der Waals surface area contributed by atoms with Crippen LogP contribution in [0.25, 0.3) is 0 Å². The van der Waals surface area contributed by atoms with Crippen LogP contribution in [0.1, 0.15) is 0 Å². The fourth-order valence-electron chi connectivity index (χ4n) is 0.312. The third kappa shape index (κ3) is 0.710. The molecule has 0 atom stereocenters. The summed E-state index contributed by atoms with van der Waals surface area (Å²) >= 11 is 0. The van der Waals surface area contributed by atoms with Crippen LogP contribution in [0.4, 0.5) is 4.79 Å². The number of hydrogen-bond acceptors (Lipinski definition) is 3. The Morgan fingerprint density at radius 1 is 1.88 bits per heavy atom. The number of carbonyl (C=O) groups is 1. The number of rotatable bonds is 0. The summed E-state index contributed by atoms with van der Waals surface area (Å²) < 4.78 is 0. The summed E-state index contributed by atoms with van der Waals surface area (Å²) in [5.41, 5.74) is 2.08. The standard InChI is InChI=1S/C3H4N2O3/c6-3(7)5-1-2-8-4-5/h1-2,4H,(H,6,7). The first-order valence-electron chi connectivity index (χ1n) is 1.91. The first-order valence-corrected chi connectivity index (χ1v) is 1.91. The number of nitrogens with zero attached hydrogens (tertiary/aromatic N) is 1. The molecule has 2 N–H and O–H groups in total. The van der Waals surface area contributed by atoms with Crippen LogP contribution in [-0.4, -0.2) is 16.2 Å². The van der Waals surface area contributed by atoms with Gasteiger partial charge in [0.25, 0.3) is 0 Å². The number of hydrazine groups is 1. The Morgan fingerprint density at radius 3 is 2.88 bits per heavy atom. The van der Waals surface area contributed by atoms with Gasteiger partial charge in [-0.15, -0.1) is 0 Å². The van der Waals surface area contributed by atoms with E-state index in [1.807, 2.05) is 0 Å². The van der Waals surface area contributed by atoms with Crippen molar-refractivity contribution >= 4 is 6.09 Å². The Kier molecular flexibility index (Phi) is 1.05. The van der Waals surface area contributed by atoms with Crippen LogP contribution >= 0.6 is 0 Å². The van der Waals surface area contributed by atoms with E-state index in [1.54, 1.807) is 0 Å². The lowest BCUT2D eigenvalue weighted by Crippen LogP contribution is -2.32. The first kappa shape index (κ1) is 4.92. The van der Waals surface area contributed by atoms with E-state index >= 15 is 0 Å². The molecule has 0 aliphatic carbocycles. The number of amides is 1. The number of carboxylic acid groups (broad SMARTS) is 1. The second-order valence-corrected chi connectivity index (χ2v) is 1.15. The fourth-order valence-corrected chi connectivity index (χ4v) is 0.312. The molecule has 0 aromatic rings. The lowest BCUT2D eigenvalue weighted by atomic mass is 10.9.